The molecule has 0 aliphatic rings. The second-order valence-electron chi connectivity index (χ2n) is 5.64. The van der Waals surface area contributed by atoms with E-state index in [4.69, 9.17) is 0 Å². The van der Waals surface area contributed by atoms with Gasteiger partial charge in [-0.1, -0.05) is 38.5 Å². The summed E-state index contributed by atoms with van der Waals surface area (Å²) in [6.45, 7) is 10.4. The van der Waals surface area contributed by atoms with Gasteiger partial charge in [0, 0.05) is 12.1 Å². The van der Waals surface area contributed by atoms with Crippen molar-refractivity contribution in [3.63, 3.8) is 0 Å². The molecule has 20 heavy (non-hydrogen) atoms. The van der Waals surface area contributed by atoms with Crippen molar-refractivity contribution in [2.24, 2.45) is 5.92 Å². The van der Waals surface area contributed by atoms with Gasteiger partial charge in [0.25, 0.3) is 0 Å². The molecule has 1 amide bonds. The zero-order chi connectivity index (χ0) is 15.0. The lowest BCUT2D eigenvalue weighted by molar-refractivity contribution is -0.116. The van der Waals surface area contributed by atoms with Gasteiger partial charge in [-0.2, -0.15) is 0 Å². The van der Waals surface area contributed by atoms with E-state index >= 15 is 0 Å². The number of rotatable bonds is 8. The standard InChI is InChI=1S/C17H28N2O/c1-5-13(2)12-18-11-7-10-16(20)19-17-14(3)8-6-9-15(17)4/h6,8-9,13,18H,5,7,10-12H2,1-4H3,(H,19,20). The van der Waals surface area contributed by atoms with E-state index in [-0.39, 0.29) is 5.91 Å². The van der Waals surface area contributed by atoms with Crippen LogP contribution in [0.5, 0.6) is 0 Å². The molecule has 0 radical (unpaired) electrons. The maximum Gasteiger partial charge on any atom is 0.224 e. The van der Waals surface area contributed by atoms with Gasteiger partial charge >= 0.3 is 0 Å². The molecule has 0 heterocycles. The lowest BCUT2D eigenvalue weighted by Crippen LogP contribution is -2.23. The molecule has 1 aromatic rings. The van der Waals surface area contributed by atoms with Crippen LogP contribution in [0.3, 0.4) is 0 Å². The van der Waals surface area contributed by atoms with Crippen LogP contribution in [0.1, 0.15) is 44.2 Å². The Morgan fingerprint density at radius 3 is 2.50 bits per heavy atom. The highest BCUT2D eigenvalue weighted by Gasteiger charge is 2.06. The minimum Gasteiger partial charge on any atom is -0.326 e. The molecule has 0 aromatic heterocycles. The normalized spacial score (nSPS) is 12.2. The fraction of sp³-hybridized carbons (Fsp3) is 0.588. The van der Waals surface area contributed by atoms with E-state index in [1.165, 1.54) is 6.42 Å². The van der Waals surface area contributed by atoms with Crippen molar-refractivity contribution < 1.29 is 4.79 Å². The van der Waals surface area contributed by atoms with Crippen LogP contribution in [0.15, 0.2) is 18.2 Å². The van der Waals surface area contributed by atoms with E-state index in [0.29, 0.717) is 12.3 Å². The lowest BCUT2D eigenvalue weighted by Gasteiger charge is -2.12. The van der Waals surface area contributed by atoms with Crippen LogP contribution in [-0.2, 0) is 4.79 Å². The van der Waals surface area contributed by atoms with E-state index in [1.54, 1.807) is 0 Å². The molecule has 3 nitrogen and oxygen atoms in total. The number of aryl methyl sites for hydroxylation is 2. The van der Waals surface area contributed by atoms with Crippen molar-refractivity contribution in [2.45, 2.75) is 47.0 Å². The molecule has 0 aliphatic carbocycles. The molecule has 1 aromatic carbocycles. The molecular formula is C17H28N2O. The maximum atomic E-state index is 11.9. The number of anilines is 1. The molecule has 0 bridgehead atoms. The second-order valence-corrected chi connectivity index (χ2v) is 5.64. The smallest absolute Gasteiger partial charge is 0.224 e. The number of amides is 1. The largest absolute Gasteiger partial charge is 0.326 e. The van der Waals surface area contributed by atoms with Crippen LogP contribution in [-0.4, -0.2) is 19.0 Å². The summed E-state index contributed by atoms with van der Waals surface area (Å²) in [5.41, 5.74) is 3.20. The number of nitrogens with one attached hydrogen (secondary N) is 2. The Morgan fingerprint density at radius 1 is 1.25 bits per heavy atom. The summed E-state index contributed by atoms with van der Waals surface area (Å²) in [6, 6.07) is 6.06. The SMILES string of the molecule is CCC(C)CNCCCC(=O)Nc1c(C)cccc1C. The number of carbonyl (C=O) groups excluding carboxylic acids is 1. The fourth-order valence-corrected chi connectivity index (χ4v) is 2.08. The first-order chi connectivity index (χ1) is 9.54. The fourth-order valence-electron chi connectivity index (χ4n) is 2.08. The number of carbonyl (C=O) groups is 1. The number of hydrogen-bond donors (Lipinski definition) is 2. The molecule has 1 unspecified atom stereocenters. The minimum absolute atomic E-state index is 0.104. The molecule has 112 valence electrons. The molecule has 3 heteroatoms. The van der Waals surface area contributed by atoms with Crippen LogP contribution in [0, 0.1) is 19.8 Å². The molecule has 1 rings (SSSR count). The average Bonchev–Trinajstić information content (AvgIpc) is 2.42. The van der Waals surface area contributed by atoms with Crippen LogP contribution in [0.4, 0.5) is 5.69 Å². The van der Waals surface area contributed by atoms with E-state index in [1.807, 2.05) is 32.0 Å². The Labute approximate surface area is 123 Å². The summed E-state index contributed by atoms with van der Waals surface area (Å²) in [7, 11) is 0. The van der Waals surface area contributed by atoms with Gasteiger partial charge in [0.05, 0.1) is 0 Å². The quantitative estimate of drug-likeness (QED) is 0.711. The van der Waals surface area contributed by atoms with Gasteiger partial charge in [-0.25, -0.2) is 0 Å². The van der Waals surface area contributed by atoms with Crippen LogP contribution < -0.4 is 10.6 Å². The Hall–Kier alpha value is -1.35. The van der Waals surface area contributed by atoms with Gasteiger partial charge < -0.3 is 10.6 Å². The number of para-hydroxylation sites is 1. The number of hydrogen-bond acceptors (Lipinski definition) is 2. The topological polar surface area (TPSA) is 41.1 Å². The van der Waals surface area contributed by atoms with Gasteiger partial charge in [-0.05, 0) is 50.4 Å². The van der Waals surface area contributed by atoms with Crippen LogP contribution >= 0.6 is 0 Å². The first-order valence-electron chi connectivity index (χ1n) is 7.61. The summed E-state index contributed by atoms with van der Waals surface area (Å²) in [5.74, 6) is 0.811. The monoisotopic (exact) mass is 276 g/mol. The van der Waals surface area contributed by atoms with Crippen molar-refractivity contribution in [3.8, 4) is 0 Å². The van der Waals surface area contributed by atoms with Crippen LogP contribution in [0.2, 0.25) is 0 Å². The van der Waals surface area contributed by atoms with Gasteiger partial charge in [0.1, 0.15) is 0 Å². The molecule has 2 N–H and O–H groups in total. The van der Waals surface area contributed by atoms with E-state index < -0.39 is 0 Å². The highest BCUT2D eigenvalue weighted by atomic mass is 16.1. The average molecular weight is 276 g/mol. The van der Waals surface area contributed by atoms with Crippen LogP contribution in [0.25, 0.3) is 0 Å². The Bertz CT molecular complexity index is 409. The van der Waals surface area contributed by atoms with E-state index in [2.05, 4.69) is 24.5 Å². The second kappa shape index (κ2) is 8.75. The number of benzene rings is 1. The summed E-state index contributed by atoms with van der Waals surface area (Å²) < 4.78 is 0. The van der Waals surface area contributed by atoms with Gasteiger partial charge in [0.15, 0.2) is 0 Å². The third kappa shape index (κ3) is 5.74. The third-order valence-electron chi connectivity index (χ3n) is 3.69. The minimum atomic E-state index is 0.104. The Balaban J connectivity index is 2.27. The van der Waals surface area contributed by atoms with Crippen molar-refractivity contribution in [1.29, 1.82) is 0 Å². The molecule has 0 spiro atoms. The first kappa shape index (κ1) is 16.7. The zero-order valence-corrected chi connectivity index (χ0v) is 13.3. The summed E-state index contributed by atoms with van der Waals surface area (Å²) in [5, 5.41) is 6.42. The van der Waals surface area contributed by atoms with Crippen molar-refractivity contribution in [2.75, 3.05) is 18.4 Å². The Morgan fingerprint density at radius 2 is 1.90 bits per heavy atom. The first-order valence-corrected chi connectivity index (χ1v) is 7.61. The molecule has 1 atom stereocenters. The molecule has 0 fully saturated rings. The van der Waals surface area contributed by atoms with Crippen molar-refractivity contribution in [3.05, 3.63) is 29.3 Å². The van der Waals surface area contributed by atoms with Crippen molar-refractivity contribution in [1.82, 2.24) is 5.32 Å². The highest BCUT2D eigenvalue weighted by Crippen LogP contribution is 2.19. The van der Waals surface area contributed by atoms with Gasteiger partial charge in [-0.15, -0.1) is 0 Å². The van der Waals surface area contributed by atoms with E-state index in [0.717, 1.165) is 36.3 Å². The molecule has 0 saturated carbocycles. The predicted molar refractivity (Wildman–Crippen MR) is 86.1 cm³/mol. The summed E-state index contributed by atoms with van der Waals surface area (Å²) in [6.07, 6.45) is 2.65. The molecule has 0 aliphatic heterocycles. The van der Waals surface area contributed by atoms with Gasteiger partial charge in [0.2, 0.25) is 5.91 Å². The van der Waals surface area contributed by atoms with Gasteiger partial charge in [-0.3, -0.25) is 4.79 Å². The lowest BCUT2D eigenvalue weighted by atomic mass is 10.1. The van der Waals surface area contributed by atoms with Crippen molar-refractivity contribution >= 4 is 11.6 Å². The Kier molecular flexibility index (Phi) is 7.31. The van der Waals surface area contributed by atoms with E-state index in [9.17, 15) is 4.79 Å². The maximum absolute atomic E-state index is 11.9. The molecule has 0 saturated heterocycles. The predicted octanol–water partition coefficient (Wildman–Crippen LogP) is 3.66. The highest BCUT2D eigenvalue weighted by molar-refractivity contribution is 5.92. The summed E-state index contributed by atoms with van der Waals surface area (Å²) >= 11 is 0. The summed E-state index contributed by atoms with van der Waals surface area (Å²) in [4.78, 5) is 11.9. The third-order valence-corrected chi connectivity index (χ3v) is 3.69. The molecular weight excluding hydrogens is 248 g/mol. The zero-order valence-electron chi connectivity index (χ0n) is 13.3.